The number of nitro groups is 1. The molecular formula is C9H9ClN2O2. The fourth-order valence-electron chi connectivity index (χ4n) is 0.993. The first-order valence-corrected chi connectivity index (χ1v) is 4.26. The van der Waals surface area contributed by atoms with E-state index in [1.165, 1.54) is 12.1 Å². The molecule has 0 atom stereocenters. The van der Waals surface area contributed by atoms with Crippen molar-refractivity contribution in [2.45, 2.75) is 0 Å². The van der Waals surface area contributed by atoms with Crippen LogP contribution in [0.1, 0.15) is 5.56 Å². The summed E-state index contributed by atoms with van der Waals surface area (Å²) in [7, 11) is 0. The molecule has 5 heteroatoms. The second-order valence-corrected chi connectivity index (χ2v) is 3.14. The zero-order valence-corrected chi connectivity index (χ0v) is 8.12. The van der Waals surface area contributed by atoms with Crippen LogP contribution in [-0.2, 0) is 0 Å². The lowest BCUT2D eigenvalue weighted by molar-refractivity contribution is -0.384. The molecule has 0 bridgehead atoms. The van der Waals surface area contributed by atoms with Gasteiger partial charge in [-0.1, -0.05) is 18.2 Å². The minimum atomic E-state index is -0.530. The molecule has 2 N–H and O–H groups in total. The average Bonchev–Trinajstić information content (AvgIpc) is 2.15. The van der Waals surface area contributed by atoms with Crippen molar-refractivity contribution in [1.82, 2.24) is 0 Å². The van der Waals surface area contributed by atoms with Gasteiger partial charge in [0.25, 0.3) is 5.69 Å². The molecule has 4 nitrogen and oxygen atoms in total. The summed E-state index contributed by atoms with van der Waals surface area (Å²) >= 11 is 5.70. The Morgan fingerprint density at radius 2 is 2.29 bits per heavy atom. The lowest BCUT2D eigenvalue weighted by Gasteiger charge is -2.02. The molecule has 0 amide bonds. The van der Waals surface area contributed by atoms with E-state index in [4.69, 9.17) is 17.3 Å². The molecule has 14 heavy (non-hydrogen) atoms. The third-order valence-electron chi connectivity index (χ3n) is 1.80. The van der Waals surface area contributed by atoms with E-state index >= 15 is 0 Å². The van der Waals surface area contributed by atoms with Gasteiger partial charge in [0, 0.05) is 12.6 Å². The summed E-state index contributed by atoms with van der Waals surface area (Å²) in [4.78, 5) is 9.92. The fourth-order valence-corrected chi connectivity index (χ4v) is 1.24. The highest BCUT2D eigenvalue weighted by Crippen LogP contribution is 2.27. The van der Waals surface area contributed by atoms with Gasteiger partial charge in [0.15, 0.2) is 0 Å². The minimum absolute atomic E-state index is 0.0992. The first kappa shape index (κ1) is 10.7. The maximum Gasteiger partial charge on any atom is 0.287 e. The third kappa shape index (κ3) is 2.10. The summed E-state index contributed by atoms with van der Waals surface area (Å²) in [5.74, 6) is 0. The Hall–Kier alpha value is -1.39. The summed E-state index contributed by atoms with van der Waals surface area (Å²) in [5.41, 5.74) is 6.69. The van der Waals surface area contributed by atoms with Crippen LogP contribution in [0.4, 0.5) is 5.69 Å². The number of nitrogens with zero attached hydrogens (tertiary/aromatic N) is 1. The monoisotopic (exact) mass is 212 g/mol. The number of hydrogen-bond donors (Lipinski definition) is 1. The Kier molecular flexibility index (Phi) is 3.22. The molecule has 0 spiro atoms. The van der Waals surface area contributed by atoms with Gasteiger partial charge < -0.3 is 5.73 Å². The van der Waals surface area contributed by atoms with Gasteiger partial charge >= 0.3 is 0 Å². The van der Waals surface area contributed by atoms with E-state index in [2.05, 4.69) is 6.58 Å². The molecule has 0 saturated carbocycles. The highest BCUT2D eigenvalue weighted by Gasteiger charge is 2.12. The maximum atomic E-state index is 10.4. The number of nitrogens with two attached hydrogens (primary N) is 1. The molecule has 0 aliphatic heterocycles. The molecular weight excluding hydrogens is 204 g/mol. The zero-order valence-electron chi connectivity index (χ0n) is 7.37. The van der Waals surface area contributed by atoms with Crippen LogP contribution in [0.2, 0.25) is 5.02 Å². The number of halogens is 1. The van der Waals surface area contributed by atoms with Crippen molar-refractivity contribution in [3.63, 3.8) is 0 Å². The molecule has 0 aliphatic carbocycles. The van der Waals surface area contributed by atoms with E-state index in [0.29, 0.717) is 12.1 Å². The molecule has 0 saturated heterocycles. The van der Waals surface area contributed by atoms with Crippen LogP contribution in [0, 0.1) is 10.1 Å². The number of hydrogen-bond acceptors (Lipinski definition) is 3. The van der Waals surface area contributed by atoms with Crippen molar-refractivity contribution >= 4 is 22.9 Å². The van der Waals surface area contributed by atoms with Crippen LogP contribution in [0.3, 0.4) is 0 Å². The molecule has 0 unspecified atom stereocenters. The van der Waals surface area contributed by atoms with Crippen LogP contribution in [0.15, 0.2) is 24.8 Å². The minimum Gasteiger partial charge on any atom is -0.326 e. The molecule has 0 fully saturated rings. The van der Waals surface area contributed by atoms with Crippen LogP contribution in [-0.4, -0.2) is 11.5 Å². The molecule has 0 aliphatic rings. The van der Waals surface area contributed by atoms with Gasteiger partial charge in [-0.25, -0.2) is 0 Å². The number of nitro benzene ring substituents is 1. The molecule has 74 valence electrons. The summed E-state index contributed by atoms with van der Waals surface area (Å²) < 4.78 is 0. The van der Waals surface area contributed by atoms with Crippen LogP contribution in [0.5, 0.6) is 0 Å². The summed E-state index contributed by atoms with van der Waals surface area (Å²) in [6.07, 6.45) is 0. The third-order valence-corrected chi connectivity index (χ3v) is 2.10. The predicted octanol–water partition coefficient (Wildman–Crippen LogP) is 2.22. The SMILES string of the molecule is C=C(CN)c1ccc([N+](=O)[O-])c(Cl)c1. The second kappa shape index (κ2) is 4.21. The van der Waals surface area contributed by atoms with Crippen LogP contribution >= 0.6 is 11.6 Å². The smallest absolute Gasteiger partial charge is 0.287 e. The predicted molar refractivity (Wildman–Crippen MR) is 56.2 cm³/mol. The molecule has 1 rings (SSSR count). The first-order valence-electron chi connectivity index (χ1n) is 3.88. The van der Waals surface area contributed by atoms with Crippen LogP contribution < -0.4 is 5.73 Å². The van der Waals surface area contributed by atoms with Gasteiger partial charge in [-0.2, -0.15) is 0 Å². The lowest BCUT2D eigenvalue weighted by atomic mass is 10.1. The molecule has 1 aromatic rings. The van der Waals surface area contributed by atoms with Crippen LogP contribution in [0.25, 0.3) is 5.57 Å². The highest BCUT2D eigenvalue weighted by atomic mass is 35.5. The van der Waals surface area contributed by atoms with Gasteiger partial charge in [0.1, 0.15) is 5.02 Å². The molecule has 0 heterocycles. The largest absolute Gasteiger partial charge is 0.326 e. The normalized spacial score (nSPS) is 9.86. The summed E-state index contributed by atoms with van der Waals surface area (Å²) in [5, 5.41) is 10.5. The van der Waals surface area contributed by atoms with Crippen molar-refractivity contribution in [2.75, 3.05) is 6.54 Å². The van der Waals surface area contributed by atoms with E-state index in [1.54, 1.807) is 6.07 Å². The van der Waals surface area contributed by atoms with E-state index in [-0.39, 0.29) is 10.7 Å². The Morgan fingerprint density at radius 3 is 2.71 bits per heavy atom. The number of rotatable bonds is 3. The van der Waals surface area contributed by atoms with Crippen molar-refractivity contribution in [3.8, 4) is 0 Å². The van der Waals surface area contributed by atoms with Gasteiger partial charge in [-0.05, 0) is 23.3 Å². The number of benzene rings is 1. The molecule has 0 aromatic heterocycles. The molecule has 1 aromatic carbocycles. The van der Waals surface area contributed by atoms with Crippen molar-refractivity contribution in [2.24, 2.45) is 5.73 Å². The average molecular weight is 213 g/mol. The standard InChI is InChI=1S/C9H9ClN2O2/c1-6(5-11)7-2-3-9(12(13)14)8(10)4-7/h2-4H,1,5,11H2. The lowest BCUT2D eigenvalue weighted by Crippen LogP contribution is -2.01. The summed E-state index contributed by atoms with van der Waals surface area (Å²) in [6, 6.07) is 4.42. The van der Waals surface area contributed by atoms with Crippen molar-refractivity contribution in [1.29, 1.82) is 0 Å². The quantitative estimate of drug-likeness (QED) is 0.617. The van der Waals surface area contributed by atoms with Gasteiger partial charge in [-0.3, -0.25) is 10.1 Å². The Balaban J connectivity index is 3.12. The first-order chi connectivity index (χ1) is 6.56. The summed E-state index contributed by atoms with van der Waals surface area (Å²) in [6.45, 7) is 4.01. The topological polar surface area (TPSA) is 69.2 Å². The Labute approximate surface area is 86.1 Å². The van der Waals surface area contributed by atoms with E-state index in [1.807, 2.05) is 0 Å². The maximum absolute atomic E-state index is 10.4. The van der Waals surface area contributed by atoms with Crippen molar-refractivity contribution < 1.29 is 4.92 Å². The Bertz CT molecular complexity index is 390. The molecule has 0 radical (unpaired) electrons. The highest BCUT2D eigenvalue weighted by molar-refractivity contribution is 6.32. The van der Waals surface area contributed by atoms with E-state index < -0.39 is 4.92 Å². The van der Waals surface area contributed by atoms with Gasteiger partial charge in [0.05, 0.1) is 4.92 Å². The zero-order chi connectivity index (χ0) is 10.7. The fraction of sp³-hybridized carbons (Fsp3) is 0.111. The second-order valence-electron chi connectivity index (χ2n) is 2.73. The van der Waals surface area contributed by atoms with Crippen molar-refractivity contribution in [3.05, 3.63) is 45.5 Å². The van der Waals surface area contributed by atoms with Gasteiger partial charge in [0.2, 0.25) is 0 Å². The van der Waals surface area contributed by atoms with Gasteiger partial charge in [-0.15, -0.1) is 0 Å². The van der Waals surface area contributed by atoms with E-state index in [9.17, 15) is 10.1 Å². The Morgan fingerprint density at radius 1 is 1.64 bits per heavy atom. The van der Waals surface area contributed by atoms with E-state index in [0.717, 1.165) is 5.56 Å².